The first-order chi connectivity index (χ1) is 7.18. The Morgan fingerprint density at radius 3 is 2.87 bits per heavy atom. The molecule has 3 N–H and O–H groups in total. The molecule has 2 rings (SSSR count). The van der Waals surface area contributed by atoms with Crippen LogP contribution in [0.15, 0.2) is 16.6 Å². The van der Waals surface area contributed by atoms with Gasteiger partial charge in [0.05, 0.1) is 5.02 Å². The largest absolute Gasteiger partial charge is 0.506 e. The maximum absolute atomic E-state index is 9.85. The number of hydrogen-bond acceptors (Lipinski definition) is 3. The van der Waals surface area contributed by atoms with Gasteiger partial charge in [-0.15, -0.1) is 0 Å². The van der Waals surface area contributed by atoms with Gasteiger partial charge in [0.15, 0.2) is 0 Å². The second-order valence-corrected chi connectivity index (χ2v) is 4.86. The number of aromatic hydroxyl groups is 1. The van der Waals surface area contributed by atoms with E-state index in [9.17, 15) is 5.11 Å². The van der Waals surface area contributed by atoms with E-state index in [2.05, 4.69) is 26.6 Å². The minimum Gasteiger partial charge on any atom is -0.506 e. The number of benzene rings is 1. The van der Waals surface area contributed by atoms with Crippen LogP contribution in [0.4, 0.5) is 0 Å². The van der Waals surface area contributed by atoms with Crippen LogP contribution in [0.3, 0.4) is 0 Å². The van der Waals surface area contributed by atoms with Gasteiger partial charge in [-0.3, -0.25) is 0 Å². The van der Waals surface area contributed by atoms with E-state index in [-0.39, 0.29) is 11.8 Å². The molecule has 1 atom stereocenters. The summed E-state index contributed by atoms with van der Waals surface area (Å²) in [6.45, 7) is 2.66. The lowest BCUT2D eigenvalue weighted by atomic mass is 10.0. The van der Waals surface area contributed by atoms with Gasteiger partial charge in [0.2, 0.25) is 0 Å². The summed E-state index contributed by atoms with van der Waals surface area (Å²) in [7, 11) is 0. The number of nitrogens with one attached hydrogen (secondary N) is 2. The summed E-state index contributed by atoms with van der Waals surface area (Å²) in [5, 5.41) is 16.8. The summed E-state index contributed by atoms with van der Waals surface area (Å²) in [4.78, 5) is 0. The van der Waals surface area contributed by atoms with E-state index in [1.165, 1.54) is 0 Å². The highest BCUT2D eigenvalue weighted by Gasteiger charge is 2.19. The topological polar surface area (TPSA) is 44.3 Å². The van der Waals surface area contributed by atoms with Crippen LogP contribution in [0.25, 0.3) is 0 Å². The molecule has 5 heteroatoms. The SMILES string of the molecule is Oc1c(Cl)cc(Br)cc1[C@H]1CNCCN1. The number of hydrogen-bond donors (Lipinski definition) is 3. The minimum absolute atomic E-state index is 0.119. The zero-order chi connectivity index (χ0) is 10.8. The predicted molar refractivity (Wildman–Crippen MR) is 64.4 cm³/mol. The molecular weight excluding hydrogens is 279 g/mol. The second kappa shape index (κ2) is 4.70. The quantitative estimate of drug-likeness (QED) is 0.742. The second-order valence-electron chi connectivity index (χ2n) is 3.54. The van der Waals surface area contributed by atoms with Gasteiger partial charge in [0.25, 0.3) is 0 Å². The molecule has 1 aromatic carbocycles. The van der Waals surface area contributed by atoms with E-state index in [0.29, 0.717) is 5.02 Å². The fourth-order valence-corrected chi connectivity index (χ4v) is 2.56. The van der Waals surface area contributed by atoms with Crippen molar-refractivity contribution in [3.05, 3.63) is 27.2 Å². The van der Waals surface area contributed by atoms with Crippen LogP contribution in [0, 0.1) is 0 Å². The maximum atomic E-state index is 9.85. The van der Waals surface area contributed by atoms with Crippen molar-refractivity contribution in [2.75, 3.05) is 19.6 Å². The van der Waals surface area contributed by atoms with Gasteiger partial charge in [0.1, 0.15) is 5.75 Å². The van der Waals surface area contributed by atoms with Crippen LogP contribution in [0.5, 0.6) is 5.75 Å². The summed E-state index contributed by atoms with van der Waals surface area (Å²) in [6, 6.07) is 3.71. The van der Waals surface area contributed by atoms with E-state index in [1.54, 1.807) is 6.07 Å². The van der Waals surface area contributed by atoms with Gasteiger partial charge >= 0.3 is 0 Å². The Kier molecular flexibility index (Phi) is 3.51. The van der Waals surface area contributed by atoms with Gasteiger partial charge in [-0.1, -0.05) is 27.5 Å². The third-order valence-electron chi connectivity index (χ3n) is 2.47. The van der Waals surface area contributed by atoms with E-state index in [0.717, 1.165) is 29.7 Å². The van der Waals surface area contributed by atoms with E-state index in [4.69, 9.17) is 11.6 Å². The zero-order valence-corrected chi connectivity index (χ0v) is 10.4. The Morgan fingerprint density at radius 1 is 1.40 bits per heavy atom. The molecular formula is C10H12BrClN2O. The van der Waals surface area contributed by atoms with Crippen LogP contribution >= 0.6 is 27.5 Å². The summed E-state index contributed by atoms with van der Waals surface area (Å²) in [5.74, 6) is 0.168. The minimum atomic E-state index is 0.119. The number of phenolic OH excluding ortho intramolecular Hbond substituents is 1. The maximum Gasteiger partial charge on any atom is 0.139 e. The Labute approximate surface area is 102 Å². The number of halogens is 2. The van der Waals surface area contributed by atoms with Crippen molar-refractivity contribution < 1.29 is 5.11 Å². The van der Waals surface area contributed by atoms with Crippen molar-refractivity contribution >= 4 is 27.5 Å². The Bertz CT molecular complexity index is 367. The molecule has 0 aliphatic carbocycles. The number of phenols is 1. The highest BCUT2D eigenvalue weighted by atomic mass is 79.9. The lowest BCUT2D eigenvalue weighted by Crippen LogP contribution is -2.42. The molecule has 0 amide bonds. The molecule has 1 aliphatic rings. The molecule has 1 heterocycles. The molecule has 0 saturated carbocycles. The summed E-state index contributed by atoms with van der Waals surface area (Å²) >= 11 is 9.28. The van der Waals surface area contributed by atoms with Crippen LogP contribution in [-0.2, 0) is 0 Å². The average Bonchev–Trinajstić information content (AvgIpc) is 2.24. The molecule has 0 spiro atoms. The Morgan fingerprint density at radius 2 is 2.20 bits per heavy atom. The highest BCUT2D eigenvalue weighted by Crippen LogP contribution is 2.35. The molecule has 0 bridgehead atoms. The van der Waals surface area contributed by atoms with Gasteiger partial charge in [-0.25, -0.2) is 0 Å². The third-order valence-corrected chi connectivity index (χ3v) is 3.22. The summed E-state index contributed by atoms with van der Waals surface area (Å²) in [5.41, 5.74) is 0.835. The lowest BCUT2D eigenvalue weighted by molar-refractivity contribution is 0.404. The average molecular weight is 292 g/mol. The van der Waals surface area contributed by atoms with Crippen LogP contribution in [-0.4, -0.2) is 24.7 Å². The van der Waals surface area contributed by atoms with Crippen molar-refractivity contribution in [2.24, 2.45) is 0 Å². The summed E-state index contributed by atoms with van der Waals surface area (Å²) in [6.07, 6.45) is 0. The molecule has 0 unspecified atom stereocenters. The smallest absolute Gasteiger partial charge is 0.139 e. The zero-order valence-electron chi connectivity index (χ0n) is 8.06. The highest BCUT2D eigenvalue weighted by molar-refractivity contribution is 9.10. The molecule has 1 fully saturated rings. The van der Waals surface area contributed by atoms with E-state index < -0.39 is 0 Å². The first kappa shape index (κ1) is 11.2. The van der Waals surface area contributed by atoms with Crippen molar-refractivity contribution in [3.63, 3.8) is 0 Å². The normalized spacial score (nSPS) is 21.6. The van der Waals surface area contributed by atoms with Crippen molar-refractivity contribution in [1.82, 2.24) is 10.6 Å². The molecule has 15 heavy (non-hydrogen) atoms. The van der Waals surface area contributed by atoms with Gasteiger partial charge in [-0.2, -0.15) is 0 Å². The molecule has 0 radical (unpaired) electrons. The third kappa shape index (κ3) is 2.45. The molecule has 0 aromatic heterocycles. The first-order valence-electron chi connectivity index (χ1n) is 4.80. The van der Waals surface area contributed by atoms with Crippen LogP contribution in [0.1, 0.15) is 11.6 Å². The lowest BCUT2D eigenvalue weighted by Gasteiger charge is -2.25. The Balaban J connectivity index is 2.33. The van der Waals surface area contributed by atoms with Crippen molar-refractivity contribution in [1.29, 1.82) is 0 Å². The fourth-order valence-electron chi connectivity index (χ4n) is 1.72. The Hall–Kier alpha value is -0.290. The molecule has 3 nitrogen and oxygen atoms in total. The van der Waals surface area contributed by atoms with Crippen molar-refractivity contribution in [2.45, 2.75) is 6.04 Å². The van der Waals surface area contributed by atoms with Gasteiger partial charge in [-0.05, 0) is 12.1 Å². The number of piperazine rings is 1. The van der Waals surface area contributed by atoms with Crippen LogP contribution in [0.2, 0.25) is 5.02 Å². The van der Waals surface area contributed by atoms with Crippen LogP contribution < -0.4 is 10.6 Å². The molecule has 1 saturated heterocycles. The van der Waals surface area contributed by atoms with E-state index in [1.807, 2.05) is 6.07 Å². The predicted octanol–water partition coefficient (Wildman–Crippen LogP) is 2.04. The van der Waals surface area contributed by atoms with Crippen molar-refractivity contribution in [3.8, 4) is 5.75 Å². The molecule has 1 aliphatic heterocycles. The van der Waals surface area contributed by atoms with Gasteiger partial charge < -0.3 is 15.7 Å². The molecule has 1 aromatic rings. The number of rotatable bonds is 1. The summed E-state index contributed by atoms with van der Waals surface area (Å²) < 4.78 is 0.882. The standard InChI is InChI=1S/C10H12BrClN2O/c11-6-3-7(10(15)8(12)4-6)9-5-13-1-2-14-9/h3-4,9,13-15H,1-2,5H2/t9-/m1/s1. The first-order valence-corrected chi connectivity index (χ1v) is 5.97. The van der Waals surface area contributed by atoms with Gasteiger partial charge in [0, 0.05) is 35.7 Å². The fraction of sp³-hybridized carbons (Fsp3) is 0.400. The molecule has 82 valence electrons. The monoisotopic (exact) mass is 290 g/mol. The van der Waals surface area contributed by atoms with E-state index >= 15 is 0 Å².